The zero-order chi connectivity index (χ0) is 19.9. The Hall–Kier alpha value is -2.70. The molecule has 148 valence electrons. The van der Waals surface area contributed by atoms with E-state index >= 15 is 0 Å². The van der Waals surface area contributed by atoms with Crippen molar-refractivity contribution in [2.24, 2.45) is 11.8 Å². The van der Waals surface area contributed by atoms with Crippen molar-refractivity contribution in [1.29, 1.82) is 0 Å². The summed E-state index contributed by atoms with van der Waals surface area (Å²) in [7, 11) is 2.70. The first kappa shape index (κ1) is 20.0. The summed E-state index contributed by atoms with van der Waals surface area (Å²) < 4.78 is 15.9. The molecule has 3 rings (SSSR count). The smallest absolute Gasteiger partial charge is 0.323 e. The summed E-state index contributed by atoms with van der Waals surface area (Å²) in [6.07, 6.45) is 0. The molecule has 6 nitrogen and oxygen atoms in total. The molecular weight excluding hydrogens is 358 g/mol. The van der Waals surface area contributed by atoms with Crippen molar-refractivity contribution >= 4 is 11.9 Å². The molecule has 6 heteroatoms. The lowest BCUT2D eigenvalue weighted by molar-refractivity contribution is -0.149. The van der Waals surface area contributed by atoms with E-state index in [2.05, 4.69) is 5.32 Å². The van der Waals surface area contributed by atoms with Gasteiger partial charge >= 0.3 is 11.9 Å². The molecule has 28 heavy (non-hydrogen) atoms. The van der Waals surface area contributed by atoms with Gasteiger partial charge in [0.1, 0.15) is 6.04 Å². The molecule has 0 amide bonds. The highest BCUT2D eigenvalue weighted by molar-refractivity contribution is 5.81. The van der Waals surface area contributed by atoms with E-state index in [0.29, 0.717) is 6.61 Å². The fourth-order valence-corrected chi connectivity index (χ4v) is 3.74. The van der Waals surface area contributed by atoms with Crippen LogP contribution in [0.5, 0.6) is 0 Å². The van der Waals surface area contributed by atoms with Gasteiger partial charge in [0, 0.05) is 12.0 Å². The van der Waals surface area contributed by atoms with Crippen molar-refractivity contribution < 1.29 is 23.8 Å². The third kappa shape index (κ3) is 4.40. The predicted molar refractivity (Wildman–Crippen MR) is 103 cm³/mol. The molecule has 4 atom stereocenters. The highest BCUT2D eigenvalue weighted by Gasteiger charge is 2.51. The molecule has 1 aliphatic rings. The largest absolute Gasteiger partial charge is 0.469 e. The van der Waals surface area contributed by atoms with Gasteiger partial charge < -0.3 is 14.2 Å². The quantitative estimate of drug-likeness (QED) is 0.741. The Bertz CT molecular complexity index is 780. The van der Waals surface area contributed by atoms with Gasteiger partial charge in [-0.05, 0) is 11.1 Å². The number of benzene rings is 2. The molecule has 0 spiro atoms. The number of nitrogens with one attached hydrogen (secondary N) is 1. The van der Waals surface area contributed by atoms with Gasteiger partial charge in [0.05, 0.1) is 33.4 Å². The summed E-state index contributed by atoms with van der Waals surface area (Å²) in [6, 6.07) is 18.3. The predicted octanol–water partition coefficient (Wildman–Crippen LogP) is 2.49. The molecule has 1 heterocycles. The summed E-state index contributed by atoms with van der Waals surface area (Å²) in [5, 5.41) is 3.27. The number of carbonyl (C=O) groups excluding carboxylic acids is 2. The maximum absolute atomic E-state index is 12.6. The van der Waals surface area contributed by atoms with Crippen molar-refractivity contribution in [3.63, 3.8) is 0 Å². The van der Waals surface area contributed by atoms with Gasteiger partial charge in [-0.25, -0.2) is 0 Å². The second-order valence-corrected chi connectivity index (χ2v) is 6.77. The molecule has 0 aromatic heterocycles. The number of esters is 2. The van der Waals surface area contributed by atoms with Gasteiger partial charge in [-0.1, -0.05) is 60.7 Å². The maximum atomic E-state index is 12.6. The fourth-order valence-electron chi connectivity index (χ4n) is 3.74. The van der Waals surface area contributed by atoms with Crippen LogP contribution in [0.3, 0.4) is 0 Å². The van der Waals surface area contributed by atoms with Crippen LogP contribution in [0.15, 0.2) is 60.7 Å². The van der Waals surface area contributed by atoms with Gasteiger partial charge in [-0.3, -0.25) is 14.9 Å². The van der Waals surface area contributed by atoms with Crippen LogP contribution in [0.1, 0.15) is 17.2 Å². The normalized spacial score (nSPS) is 23.9. The number of ether oxygens (including phenoxy) is 3. The molecule has 0 aliphatic carbocycles. The average Bonchev–Trinajstić information content (AvgIpc) is 3.13. The highest BCUT2D eigenvalue weighted by atomic mass is 16.5. The minimum absolute atomic E-state index is 0.227. The molecule has 0 saturated carbocycles. The van der Waals surface area contributed by atoms with E-state index in [-0.39, 0.29) is 18.6 Å². The van der Waals surface area contributed by atoms with Gasteiger partial charge in [-0.2, -0.15) is 0 Å². The lowest BCUT2D eigenvalue weighted by atomic mass is 9.85. The van der Waals surface area contributed by atoms with E-state index in [9.17, 15) is 9.59 Å². The first-order valence-electron chi connectivity index (χ1n) is 9.24. The Morgan fingerprint density at radius 2 is 1.50 bits per heavy atom. The van der Waals surface area contributed by atoms with Gasteiger partial charge in [0.25, 0.3) is 0 Å². The molecule has 0 unspecified atom stereocenters. The second-order valence-electron chi connectivity index (χ2n) is 6.77. The van der Waals surface area contributed by atoms with E-state index in [4.69, 9.17) is 14.2 Å². The molecule has 1 fully saturated rings. The zero-order valence-corrected chi connectivity index (χ0v) is 16.0. The number of rotatable bonds is 7. The first-order valence-corrected chi connectivity index (χ1v) is 9.24. The number of methoxy groups -OCH3 is 2. The Morgan fingerprint density at radius 3 is 2.11 bits per heavy atom. The van der Waals surface area contributed by atoms with Crippen LogP contribution in [-0.2, 0) is 30.4 Å². The molecule has 1 N–H and O–H groups in total. The van der Waals surface area contributed by atoms with Gasteiger partial charge in [0.2, 0.25) is 0 Å². The topological polar surface area (TPSA) is 73.9 Å². The van der Waals surface area contributed by atoms with Gasteiger partial charge in [0.15, 0.2) is 0 Å². The van der Waals surface area contributed by atoms with E-state index in [0.717, 1.165) is 11.1 Å². The minimum atomic E-state index is -0.657. The standard InChI is InChI=1S/C22H25NO5/c1-26-21(24)18-17(14-28-13-15-9-5-3-6-10-15)20(22(25)27-2)23-19(18)16-11-7-4-8-12-16/h3-12,17-20,23H,13-14H2,1-2H3/t17-,18+,19-,20-/m0/s1. The molecule has 0 radical (unpaired) electrons. The Morgan fingerprint density at radius 1 is 0.893 bits per heavy atom. The van der Waals surface area contributed by atoms with E-state index in [1.165, 1.54) is 14.2 Å². The monoisotopic (exact) mass is 383 g/mol. The highest BCUT2D eigenvalue weighted by Crippen LogP contribution is 2.39. The van der Waals surface area contributed by atoms with E-state index in [1.54, 1.807) is 0 Å². The van der Waals surface area contributed by atoms with Crippen molar-refractivity contribution in [3.05, 3.63) is 71.8 Å². The molecule has 2 aromatic carbocycles. The third-order valence-electron chi connectivity index (χ3n) is 5.12. The molecule has 2 aromatic rings. The number of hydrogen-bond donors (Lipinski definition) is 1. The lowest BCUT2D eigenvalue weighted by Crippen LogP contribution is -2.39. The number of hydrogen-bond acceptors (Lipinski definition) is 6. The van der Waals surface area contributed by atoms with E-state index < -0.39 is 23.8 Å². The van der Waals surface area contributed by atoms with Crippen molar-refractivity contribution in [1.82, 2.24) is 5.32 Å². The molecule has 1 aliphatic heterocycles. The summed E-state index contributed by atoms with van der Waals surface area (Å²) in [5.41, 5.74) is 1.94. The fraction of sp³-hybridized carbons (Fsp3) is 0.364. The van der Waals surface area contributed by atoms with Gasteiger partial charge in [-0.15, -0.1) is 0 Å². The Labute approximate surface area is 164 Å². The minimum Gasteiger partial charge on any atom is -0.469 e. The van der Waals surface area contributed by atoms with Crippen LogP contribution >= 0.6 is 0 Å². The molecular formula is C22H25NO5. The van der Waals surface area contributed by atoms with Crippen molar-refractivity contribution in [3.8, 4) is 0 Å². The van der Waals surface area contributed by atoms with Crippen molar-refractivity contribution in [2.75, 3.05) is 20.8 Å². The van der Waals surface area contributed by atoms with Crippen LogP contribution in [0.2, 0.25) is 0 Å². The van der Waals surface area contributed by atoms with Crippen LogP contribution in [0.4, 0.5) is 0 Å². The number of carbonyl (C=O) groups is 2. The van der Waals surface area contributed by atoms with Crippen LogP contribution in [-0.4, -0.2) is 38.8 Å². The van der Waals surface area contributed by atoms with E-state index in [1.807, 2.05) is 60.7 Å². The third-order valence-corrected chi connectivity index (χ3v) is 5.12. The maximum Gasteiger partial charge on any atom is 0.323 e. The summed E-state index contributed by atoms with van der Waals surface area (Å²) in [4.78, 5) is 25.0. The molecule has 0 bridgehead atoms. The molecule has 1 saturated heterocycles. The Balaban J connectivity index is 1.83. The van der Waals surface area contributed by atoms with Crippen molar-refractivity contribution in [2.45, 2.75) is 18.7 Å². The zero-order valence-electron chi connectivity index (χ0n) is 16.0. The SMILES string of the molecule is COC(=O)[C@@H]1[C@H](COCc2ccccc2)[C@@H](C(=O)OC)N[C@H]1c1ccccc1. The summed E-state index contributed by atoms with van der Waals surface area (Å²) in [5.74, 6) is -1.76. The van der Waals surface area contributed by atoms with Crippen LogP contribution in [0, 0.1) is 11.8 Å². The lowest BCUT2D eigenvalue weighted by Gasteiger charge is -2.23. The average molecular weight is 383 g/mol. The summed E-state index contributed by atoms with van der Waals surface area (Å²) in [6.45, 7) is 0.625. The second kappa shape index (κ2) is 9.48. The van der Waals surface area contributed by atoms with Crippen LogP contribution < -0.4 is 5.32 Å². The van der Waals surface area contributed by atoms with Crippen LogP contribution in [0.25, 0.3) is 0 Å². The first-order chi connectivity index (χ1) is 13.7. The summed E-state index contributed by atoms with van der Waals surface area (Å²) >= 11 is 0. The Kier molecular flexibility index (Phi) is 6.79.